The van der Waals surface area contributed by atoms with E-state index in [-0.39, 0.29) is 21.5 Å². The maximum absolute atomic E-state index is 12.5. The van der Waals surface area contributed by atoms with Crippen LogP contribution in [0, 0.1) is 11.3 Å². The summed E-state index contributed by atoms with van der Waals surface area (Å²) in [6, 6.07) is 1.68. The van der Waals surface area contributed by atoms with Crippen molar-refractivity contribution in [2.24, 2.45) is 0 Å². The molecule has 0 radical (unpaired) electrons. The Morgan fingerprint density at radius 3 is 2.71 bits per heavy atom. The van der Waals surface area contributed by atoms with Crippen LogP contribution in [0.1, 0.15) is 17.7 Å². The molecule has 1 rings (SSSR count). The third-order valence-corrected chi connectivity index (χ3v) is 2.18. The lowest BCUT2D eigenvalue weighted by atomic mass is 10.2. The molecule has 0 saturated heterocycles. The molecule has 74 valence electrons. The van der Waals surface area contributed by atoms with Gasteiger partial charge in [0.05, 0.1) is 12.7 Å². The smallest absolute Gasteiger partial charge is 0.268 e. The van der Waals surface area contributed by atoms with Crippen LogP contribution in [0.4, 0.5) is 8.78 Å². The molecule has 0 fully saturated rings. The second kappa shape index (κ2) is 4.33. The summed E-state index contributed by atoms with van der Waals surface area (Å²) in [4.78, 5) is 3.64. The first-order valence-electron chi connectivity index (χ1n) is 3.52. The van der Waals surface area contributed by atoms with E-state index in [9.17, 15) is 8.78 Å². The minimum absolute atomic E-state index is 0.128. The maximum atomic E-state index is 12.5. The van der Waals surface area contributed by atoms with E-state index in [1.165, 1.54) is 7.11 Å². The van der Waals surface area contributed by atoms with Gasteiger partial charge in [-0.1, -0.05) is 0 Å². The number of nitrogens with zero attached hydrogens (tertiary/aromatic N) is 2. The summed E-state index contributed by atoms with van der Waals surface area (Å²) >= 11 is 2.92. The lowest BCUT2D eigenvalue weighted by Gasteiger charge is -2.09. The molecule has 0 saturated carbocycles. The zero-order valence-corrected chi connectivity index (χ0v) is 8.68. The molecule has 0 bridgehead atoms. The fraction of sp³-hybridized carbons (Fsp3) is 0.250. The van der Waals surface area contributed by atoms with Crippen LogP contribution in [-0.2, 0) is 0 Å². The molecule has 1 heterocycles. The molecule has 1 aromatic rings. The van der Waals surface area contributed by atoms with Gasteiger partial charge in [0.2, 0.25) is 0 Å². The van der Waals surface area contributed by atoms with Gasteiger partial charge in [-0.05, 0) is 15.9 Å². The Morgan fingerprint density at radius 2 is 2.29 bits per heavy atom. The summed E-state index contributed by atoms with van der Waals surface area (Å²) in [5, 5.41) is 8.59. The highest BCUT2D eigenvalue weighted by Crippen LogP contribution is 2.36. The van der Waals surface area contributed by atoms with Crippen molar-refractivity contribution in [1.29, 1.82) is 5.26 Å². The fourth-order valence-corrected chi connectivity index (χ4v) is 1.43. The van der Waals surface area contributed by atoms with Gasteiger partial charge in [-0.25, -0.2) is 13.8 Å². The highest BCUT2D eigenvalue weighted by molar-refractivity contribution is 9.10. The Hall–Kier alpha value is -1.22. The highest BCUT2D eigenvalue weighted by atomic mass is 79.9. The lowest BCUT2D eigenvalue weighted by Crippen LogP contribution is -1.99. The topological polar surface area (TPSA) is 45.9 Å². The number of hydrogen-bond acceptors (Lipinski definition) is 3. The number of nitriles is 1. The molecule has 0 spiro atoms. The molecule has 0 aromatic carbocycles. The molecule has 1 aromatic heterocycles. The summed E-state index contributed by atoms with van der Waals surface area (Å²) in [6.07, 6.45) is -1.56. The van der Waals surface area contributed by atoms with E-state index in [2.05, 4.69) is 20.9 Å². The Bertz CT molecular complexity index is 390. The number of halogens is 3. The first kappa shape index (κ1) is 10.9. The van der Waals surface area contributed by atoms with E-state index in [1.807, 2.05) is 0 Å². The third kappa shape index (κ3) is 1.82. The molecule has 0 N–H and O–H groups in total. The number of aromatic nitrogens is 1. The third-order valence-electron chi connectivity index (χ3n) is 1.55. The monoisotopic (exact) mass is 262 g/mol. The minimum Gasteiger partial charge on any atom is -0.493 e. The molecule has 14 heavy (non-hydrogen) atoms. The Labute approximate surface area is 87.5 Å². The van der Waals surface area contributed by atoms with Gasteiger partial charge in [-0.2, -0.15) is 5.26 Å². The van der Waals surface area contributed by atoms with Crippen molar-refractivity contribution < 1.29 is 13.5 Å². The number of alkyl halides is 2. The Balaban J connectivity index is 3.45. The molecule has 0 aliphatic carbocycles. The fourth-order valence-electron chi connectivity index (χ4n) is 0.975. The van der Waals surface area contributed by atoms with Gasteiger partial charge >= 0.3 is 0 Å². The summed E-state index contributed by atoms with van der Waals surface area (Å²) in [7, 11) is 1.22. The van der Waals surface area contributed by atoms with Gasteiger partial charge < -0.3 is 4.74 Å². The lowest BCUT2D eigenvalue weighted by molar-refractivity contribution is 0.146. The van der Waals surface area contributed by atoms with Gasteiger partial charge in [0.25, 0.3) is 6.43 Å². The van der Waals surface area contributed by atoms with E-state index >= 15 is 0 Å². The van der Waals surface area contributed by atoms with Crippen LogP contribution < -0.4 is 4.74 Å². The van der Waals surface area contributed by atoms with Crippen LogP contribution in [0.5, 0.6) is 5.75 Å². The molecular formula is C8H5BrF2N2O. The van der Waals surface area contributed by atoms with Crippen LogP contribution in [0.2, 0.25) is 0 Å². The van der Waals surface area contributed by atoms with Gasteiger partial charge in [0.15, 0.2) is 11.4 Å². The van der Waals surface area contributed by atoms with Crippen molar-refractivity contribution in [2.45, 2.75) is 6.43 Å². The van der Waals surface area contributed by atoms with E-state index in [4.69, 9.17) is 10.00 Å². The van der Waals surface area contributed by atoms with Crippen molar-refractivity contribution in [3.8, 4) is 11.8 Å². The van der Waals surface area contributed by atoms with E-state index in [0.717, 1.165) is 6.20 Å². The summed E-state index contributed by atoms with van der Waals surface area (Å²) < 4.78 is 29.9. The number of ether oxygens (including phenoxy) is 1. The van der Waals surface area contributed by atoms with Crippen molar-refractivity contribution in [1.82, 2.24) is 4.98 Å². The van der Waals surface area contributed by atoms with Crippen LogP contribution in [0.3, 0.4) is 0 Å². The summed E-state index contributed by atoms with van der Waals surface area (Å²) in [5.74, 6) is -0.183. The largest absolute Gasteiger partial charge is 0.493 e. The quantitative estimate of drug-likeness (QED) is 0.823. The van der Waals surface area contributed by atoms with E-state index in [1.54, 1.807) is 6.07 Å². The first-order valence-corrected chi connectivity index (χ1v) is 4.31. The summed E-state index contributed by atoms with van der Waals surface area (Å²) in [6.45, 7) is 0. The Morgan fingerprint density at radius 1 is 1.64 bits per heavy atom. The van der Waals surface area contributed by atoms with Gasteiger partial charge in [-0.3, -0.25) is 0 Å². The molecule has 6 heteroatoms. The average molecular weight is 263 g/mol. The van der Waals surface area contributed by atoms with Crippen molar-refractivity contribution >= 4 is 15.9 Å². The van der Waals surface area contributed by atoms with Crippen molar-refractivity contribution in [3.05, 3.63) is 21.9 Å². The normalized spacial score (nSPS) is 10.0. The molecule has 0 aliphatic heterocycles. The second-order valence-electron chi connectivity index (χ2n) is 2.31. The minimum atomic E-state index is -2.71. The molecule has 0 amide bonds. The maximum Gasteiger partial charge on any atom is 0.268 e. The zero-order valence-electron chi connectivity index (χ0n) is 7.09. The van der Waals surface area contributed by atoms with Gasteiger partial charge in [0.1, 0.15) is 6.07 Å². The molecule has 0 atom stereocenters. The molecule has 0 unspecified atom stereocenters. The van der Waals surface area contributed by atoms with Crippen LogP contribution in [0.15, 0.2) is 10.7 Å². The summed E-state index contributed by atoms with van der Waals surface area (Å²) in [5.41, 5.74) is -0.495. The Kier molecular flexibility index (Phi) is 3.36. The van der Waals surface area contributed by atoms with Gasteiger partial charge in [-0.15, -0.1) is 0 Å². The second-order valence-corrected chi connectivity index (χ2v) is 3.17. The van der Waals surface area contributed by atoms with Crippen molar-refractivity contribution in [2.75, 3.05) is 7.11 Å². The number of methoxy groups -OCH3 is 1. The zero-order chi connectivity index (χ0) is 10.7. The molecule has 3 nitrogen and oxygen atoms in total. The van der Waals surface area contributed by atoms with Crippen LogP contribution in [0.25, 0.3) is 0 Å². The SMILES string of the molecule is COc1c(C#N)ncc(Br)c1C(F)F. The van der Waals surface area contributed by atoms with Crippen molar-refractivity contribution in [3.63, 3.8) is 0 Å². The predicted molar refractivity (Wildman–Crippen MR) is 48.2 cm³/mol. The number of rotatable bonds is 2. The van der Waals surface area contributed by atoms with E-state index < -0.39 is 6.43 Å². The van der Waals surface area contributed by atoms with Crippen LogP contribution >= 0.6 is 15.9 Å². The van der Waals surface area contributed by atoms with Crippen LogP contribution in [-0.4, -0.2) is 12.1 Å². The number of hydrogen-bond donors (Lipinski definition) is 0. The standard InChI is InChI=1S/C8H5BrF2N2O/c1-14-7-5(2-12)13-3-4(9)6(7)8(10)11/h3,8H,1H3. The number of pyridine rings is 1. The predicted octanol–water partition coefficient (Wildman–Crippen LogP) is 2.66. The molecule has 0 aliphatic rings. The van der Waals surface area contributed by atoms with Gasteiger partial charge in [0, 0.05) is 10.7 Å². The first-order chi connectivity index (χ1) is 6.61. The van der Waals surface area contributed by atoms with E-state index in [0.29, 0.717) is 0 Å². The highest BCUT2D eigenvalue weighted by Gasteiger charge is 2.21. The molecular weight excluding hydrogens is 258 g/mol. The average Bonchev–Trinajstić information content (AvgIpc) is 2.16.